The number of esters is 1. The third-order valence-electron chi connectivity index (χ3n) is 2.73. The molecule has 0 radical (unpaired) electrons. The fourth-order valence-corrected chi connectivity index (χ4v) is 2.11. The molecule has 0 amide bonds. The number of fused-ring (bicyclic) bond motifs is 1. The van der Waals surface area contributed by atoms with E-state index in [0.29, 0.717) is 12.0 Å². The molecule has 1 heterocycles. The third kappa shape index (κ3) is 2.06. The first-order chi connectivity index (χ1) is 7.02. The van der Waals surface area contributed by atoms with Crippen molar-refractivity contribution in [2.45, 2.75) is 44.7 Å². The number of hydrogen-bond acceptors (Lipinski definition) is 4. The van der Waals surface area contributed by atoms with E-state index in [4.69, 9.17) is 9.47 Å². The SMILES string of the molecule is COC(=O)C1=C[C@H]2OC(C)(C)O[C@H]2CC1. The molecular weight excluding hydrogens is 196 g/mol. The summed E-state index contributed by atoms with van der Waals surface area (Å²) >= 11 is 0. The highest BCUT2D eigenvalue weighted by atomic mass is 16.7. The number of rotatable bonds is 1. The zero-order valence-electron chi connectivity index (χ0n) is 9.28. The van der Waals surface area contributed by atoms with Gasteiger partial charge in [0.25, 0.3) is 0 Å². The monoisotopic (exact) mass is 212 g/mol. The van der Waals surface area contributed by atoms with Crippen molar-refractivity contribution in [2.75, 3.05) is 7.11 Å². The van der Waals surface area contributed by atoms with Crippen LogP contribution in [0.15, 0.2) is 11.6 Å². The van der Waals surface area contributed by atoms with Crippen molar-refractivity contribution in [1.82, 2.24) is 0 Å². The predicted molar refractivity (Wildman–Crippen MR) is 53.2 cm³/mol. The van der Waals surface area contributed by atoms with E-state index < -0.39 is 5.79 Å². The van der Waals surface area contributed by atoms with Gasteiger partial charge in [-0.15, -0.1) is 0 Å². The first-order valence-electron chi connectivity index (χ1n) is 5.16. The van der Waals surface area contributed by atoms with Gasteiger partial charge in [-0.1, -0.05) is 0 Å². The van der Waals surface area contributed by atoms with Gasteiger partial charge in [0.15, 0.2) is 5.79 Å². The number of methoxy groups -OCH3 is 1. The van der Waals surface area contributed by atoms with Crippen molar-refractivity contribution in [3.63, 3.8) is 0 Å². The number of ether oxygens (including phenoxy) is 3. The molecule has 2 rings (SSSR count). The van der Waals surface area contributed by atoms with Gasteiger partial charge in [0.05, 0.1) is 13.2 Å². The Balaban J connectivity index is 2.13. The molecule has 0 aromatic rings. The summed E-state index contributed by atoms with van der Waals surface area (Å²) in [6.45, 7) is 3.77. The second kappa shape index (κ2) is 3.61. The van der Waals surface area contributed by atoms with Gasteiger partial charge in [0.2, 0.25) is 0 Å². The Morgan fingerprint density at radius 3 is 2.93 bits per heavy atom. The molecule has 1 aliphatic heterocycles. The highest BCUT2D eigenvalue weighted by Crippen LogP contribution is 2.35. The van der Waals surface area contributed by atoms with Crippen molar-refractivity contribution in [1.29, 1.82) is 0 Å². The van der Waals surface area contributed by atoms with Crippen LogP contribution < -0.4 is 0 Å². The average molecular weight is 212 g/mol. The zero-order valence-corrected chi connectivity index (χ0v) is 9.28. The van der Waals surface area contributed by atoms with Crippen LogP contribution in [0, 0.1) is 0 Å². The molecule has 0 saturated carbocycles. The minimum absolute atomic E-state index is 0.0772. The van der Waals surface area contributed by atoms with Crippen LogP contribution >= 0.6 is 0 Å². The standard InChI is InChI=1S/C11H16O4/c1-11(2)14-8-5-4-7(10(12)13-3)6-9(8)15-11/h6,8-9H,4-5H2,1-3H3/t8-,9+/m0/s1. The summed E-state index contributed by atoms with van der Waals surface area (Å²) in [5, 5.41) is 0. The van der Waals surface area contributed by atoms with Crippen molar-refractivity contribution in [3.05, 3.63) is 11.6 Å². The van der Waals surface area contributed by atoms with Crippen LogP contribution in [0.2, 0.25) is 0 Å². The molecule has 4 nitrogen and oxygen atoms in total. The largest absolute Gasteiger partial charge is 0.466 e. The summed E-state index contributed by atoms with van der Waals surface area (Å²) in [6.07, 6.45) is 3.31. The summed E-state index contributed by atoms with van der Waals surface area (Å²) in [5.41, 5.74) is 0.694. The molecule has 1 saturated heterocycles. The average Bonchev–Trinajstić information content (AvgIpc) is 2.49. The fraction of sp³-hybridized carbons (Fsp3) is 0.727. The van der Waals surface area contributed by atoms with Gasteiger partial charge >= 0.3 is 5.97 Å². The van der Waals surface area contributed by atoms with E-state index >= 15 is 0 Å². The lowest BCUT2D eigenvalue weighted by Crippen LogP contribution is -2.26. The number of hydrogen-bond donors (Lipinski definition) is 0. The van der Waals surface area contributed by atoms with E-state index in [9.17, 15) is 4.79 Å². The summed E-state index contributed by atoms with van der Waals surface area (Å²) < 4.78 is 16.1. The maximum atomic E-state index is 11.3. The van der Waals surface area contributed by atoms with Gasteiger partial charge in [-0.3, -0.25) is 0 Å². The zero-order chi connectivity index (χ0) is 11.1. The Bertz CT molecular complexity index is 306. The van der Waals surface area contributed by atoms with Gasteiger partial charge in [-0.2, -0.15) is 0 Å². The Hall–Kier alpha value is -0.870. The van der Waals surface area contributed by atoms with Crippen molar-refractivity contribution in [3.8, 4) is 0 Å². The highest BCUT2D eigenvalue weighted by molar-refractivity contribution is 5.88. The Kier molecular flexibility index (Phi) is 2.56. The molecule has 0 aromatic heterocycles. The van der Waals surface area contributed by atoms with E-state index in [1.165, 1.54) is 7.11 Å². The minimum atomic E-state index is -0.544. The van der Waals surface area contributed by atoms with Gasteiger partial charge in [0.1, 0.15) is 6.10 Å². The predicted octanol–water partition coefficient (Wildman–Crippen LogP) is 1.40. The first-order valence-corrected chi connectivity index (χ1v) is 5.16. The molecule has 0 spiro atoms. The van der Waals surface area contributed by atoms with E-state index in [-0.39, 0.29) is 18.2 Å². The number of carbonyl (C=O) groups is 1. The molecule has 4 heteroatoms. The quantitative estimate of drug-likeness (QED) is 0.616. The van der Waals surface area contributed by atoms with Crippen molar-refractivity contribution < 1.29 is 19.0 Å². The van der Waals surface area contributed by atoms with E-state index in [1.807, 2.05) is 19.9 Å². The minimum Gasteiger partial charge on any atom is -0.466 e. The lowest BCUT2D eigenvalue weighted by atomic mass is 9.95. The van der Waals surface area contributed by atoms with Crippen LogP contribution in [0.3, 0.4) is 0 Å². The molecule has 1 fully saturated rings. The van der Waals surface area contributed by atoms with E-state index in [2.05, 4.69) is 4.74 Å². The summed E-state index contributed by atoms with van der Waals surface area (Å²) in [5.74, 6) is -0.807. The molecule has 2 atom stereocenters. The molecule has 15 heavy (non-hydrogen) atoms. The van der Waals surface area contributed by atoms with Crippen LogP contribution in [0.25, 0.3) is 0 Å². The summed E-state index contributed by atoms with van der Waals surface area (Å²) in [6, 6.07) is 0. The molecule has 0 aromatic carbocycles. The van der Waals surface area contributed by atoms with E-state index in [0.717, 1.165) is 6.42 Å². The Morgan fingerprint density at radius 2 is 2.27 bits per heavy atom. The normalized spacial score (nSPS) is 33.1. The molecule has 1 aliphatic carbocycles. The molecule has 0 N–H and O–H groups in total. The smallest absolute Gasteiger partial charge is 0.333 e. The number of carbonyl (C=O) groups excluding carboxylic acids is 1. The van der Waals surface area contributed by atoms with Crippen LogP contribution in [0.5, 0.6) is 0 Å². The van der Waals surface area contributed by atoms with Gasteiger partial charge < -0.3 is 14.2 Å². The van der Waals surface area contributed by atoms with Crippen molar-refractivity contribution in [2.24, 2.45) is 0 Å². The van der Waals surface area contributed by atoms with Gasteiger partial charge in [0, 0.05) is 5.57 Å². The van der Waals surface area contributed by atoms with Crippen LogP contribution in [0.4, 0.5) is 0 Å². The molecule has 0 bridgehead atoms. The second-order valence-corrected chi connectivity index (χ2v) is 4.36. The Morgan fingerprint density at radius 1 is 1.53 bits per heavy atom. The summed E-state index contributed by atoms with van der Waals surface area (Å²) in [4.78, 5) is 11.3. The topological polar surface area (TPSA) is 44.8 Å². The molecule has 2 aliphatic rings. The Labute approximate surface area is 89.2 Å². The molecule has 0 unspecified atom stereocenters. The maximum Gasteiger partial charge on any atom is 0.333 e. The fourth-order valence-electron chi connectivity index (χ4n) is 2.11. The van der Waals surface area contributed by atoms with Crippen LogP contribution in [0.1, 0.15) is 26.7 Å². The first kappa shape index (κ1) is 10.6. The second-order valence-electron chi connectivity index (χ2n) is 4.36. The molecule has 84 valence electrons. The third-order valence-corrected chi connectivity index (χ3v) is 2.73. The highest BCUT2D eigenvalue weighted by Gasteiger charge is 2.42. The maximum absolute atomic E-state index is 11.3. The summed E-state index contributed by atoms with van der Waals surface area (Å²) in [7, 11) is 1.39. The van der Waals surface area contributed by atoms with E-state index in [1.54, 1.807) is 0 Å². The lowest BCUT2D eigenvalue weighted by molar-refractivity contribution is -0.142. The molecular formula is C11H16O4. The lowest BCUT2D eigenvalue weighted by Gasteiger charge is -2.20. The van der Waals surface area contributed by atoms with Crippen LogP contribution in [-0.2, 0) is 19.0 Å². The van der Waals surface area contributed by atoms with Crippen molar-refractivity contribution >= 4 is 5.97 Å². The van der Waals surface area contributed by atoms with Gasteiger partial charge in [-0.25, -0.2) is 4.79 Å². The van der Waals surface area contributed by atoms with Crippen LogP contribution in [-0.4, -0.2) is 31.1 Å². The van der Waals surface area contributed by atoms with Gasteiger partial charge in [-0.05, 0) is 32.8 Å².